The van der Waals surface area contributed by atoms with E-state index in [4.69, 9.17) is 16.0 Å². The van der Waals surface area contributed by atoms with Crippen molar-refractivity contribution in [2.75, 3.05) is 5.32 Å². The second-order valence-corrected chi connectivity index (χ2v) is 5.11. The van der Waals surface area contributed by atoms with Crippen molar-refractivity contribution in [1.82, 2.24) is 10.2 Å². The van der Waals surface area contributed by atoms with Crippen molar-refractivity contribution < 1.29 is 4.42 Å². The molecule has 0 aliphatic heterocycles. The van der Waals surface area contributed by atoms with Gasteiger partial charge < -0.3 is 9.73 Å². The average molecular weight is 317 g/mol. The fraction of sp³-hybridized carbons (Fsp3) is 0.273. The highest BCUT2D eigenvalue weighted by Gasteiger charge is 2.10. The van der Waals surface area contributed by atoms with E-state index in [0.717, 1.165) is 10.0 Å². The van der Waals surface area contributed by atoms with E-state index in [-0.39, 0.29) is 5.38 Å². The third-order valence-electron chi connectivity index (χ3n) is 2.14. The second kappa shape index (κ2) is 5.51. The minimum absolute atomic E-state index is 0.272. The van der Waals surface area contributed by atoms with Crippen LogP contribution in [0.15, 0.2) is 33.2 Å². The molecule has 2 rings (SSSR count). The molecule has 0 aliphatic rings. The van der Waals surface area contributed by atoms with Crippen LogP contribution in [-0.2, 0) is 6.54 Å². The van der Waals surface area contributed by atoms with Gasteiger partial charge in [0, 0.05) is 11.0 Å². The lowest BCUT2D eigenvalue weighted by atomic mass is 10.2. The number of anilines is 1. The molecule has 1 heterocycles. The van der Waals surface area contributed by atoms with Gasteiger partial charge in [-0.2, -0.15) is 0 Å². The highest BCUT2D eigenvalue weighted by atomic mass is 79.9. The first-order valence-corrected chi connectivity index (χ1v) is 6.34. The molecule has 0 aliphatic carbocycles. The normalized spacial score (nSPS) is 12.4. The summed E-state index contributed by atoms with van der Waals surface area (Å²) in [6, 6.07) is 8.38. The number of rotatable bonds is 4. The molecule has 1 unspecified atom stereocenters. The summed E-state index contributed by atoms with van der Waals surface area (Å²) >= 11 is 9.21. The average Bonchev–Trinajstić information content (AvgIpc) is 2.77. The van der Waals surface area contributed by atoms with Gasteiger partial charge in [0.15, 0.2) is 0 Å². The Kier molecular flexibility index (Phi) is 4.02. The first kappa shape index (κ1) is 12.4. The standard InChI is InChI=1S/C11H11BrClN3O/c1-7(13)10-15-16-11(17-10)14-6-8-2-4-9(12)5-3-8/h2-5,7H,6H2,1H3,(H,14,16). The van der Waals surface area contributed by atoms with Crippen molar-refractivity contribution in [3.05, 3.63) is 40.2 Å². The predicted octanol–water partition coefficient (Wildman–Crippen LogP) is 3.74. The molecule has 1 aromatic carbocycles. The Bertz CT molecular complexity index is 484. The number of halogens is 2. The molecule has 0 amide bonds. The van der Waals surface area contributed by atoms with Crippen LogP contribution >= 0.6 is 27.5 Å². The van der Waals surface area contributed by atoms with Crippen LogP contribution in [0.5, 0.6) is 0 Å². The smallest absolute Gasteiger partial charge is 0.315 e. The Morgan fingerprint density at radius 3 is 2.65 bits per heavy atom. The third-order valence-corrected chi connectivity index (χ3v) is 2.85. The summed E-state index contributed by atoms with van der Waals surface area (Å²) in [5, 5.41) is 10.4. The summed E-state index contributed by atoms with van der Waals surface area (Å²) in [6.45, 7) is 2.42. The number of hydrogen-bond donors (Lipinski definition) is 1. The van der Waals surface area contributed by atoms with Gasteiger partial charge in [-0.25, -0.2) is 0 Å². The number of benzene rings is 1. The van der Waals surface area contributed by atoms with Gasteiger partial charge in [-0.15, -0.1) is 16.7 Å². The second-order valence-electron chi connectivity index (χ2n) is 3.54. The SMILES string of the molecule is CC(Cl)c1nnc(NCc2ccc(Br)cc2)o1. The van der Waals surface area contributed by atoms with Crippen LogP contribution in [-0.4, -0.2) is 10.2 Å². The number of hydrogen-bond acceptors (Lipinski definition) is 4. The van der Waals surface area contributed by atoms with E-state index >= 15 is 0 Å². The molecule has 6 heteroatoms. The highest BCUT2D eigenvalue weighted by molar-refractivity contribution is 9.10. The number of nitrogens with one attached hydrogen (secondary N) is 1. The summed E-state index contributed by atoms with van der Waals surface area (Å²) in [6.07, 6.45) is 0. The quantitative estimate of drug-likeness (QED) is 0.873. The van der Waals surface area contributed by atoms with Crippen molar-refractivity contribution in [1.29, 1.82) is 0 Å². The first-order chi connectivity index (χ1) is 8.15. The van der Waals surface area contributed by atoms with Gasteiger partial charge in [0.2, 0.25) is 5.89 Å². The lowest BCUT2D eigenvalue weighted by molar-refractivity contribution is 0.505. The Hall–Kier alpha value is -1.07. The molecule has 0 radical (unpaired) electrons. The first-order valence-electron chi connectivity index (χ1n) is 5.11. The van der Waals surface area contributed by atoms with E-state index in [0.29, 0.717) is 18.5 Å². The van der Waals surface area contributed by atoms with E-state index in [9.17, 15) is 0 Å². The van der Waals surface area contributed by atoms with Gasteiger partial charge in [0.05, 0.1) is 0 Å². The molecule has 4 nitrogen and oxygen atoms in total. The van der Waals surface area contributed by atoms with Crippen molar-refractivity contribution in [3.63, 3.8) is 0 Å². The molecule has 0 spiro atoms. The van der Waals surface area contributed by atoms with Gasteiger partial charge in [-0.05, 0) is 24.6 Å². The summed E-state index contributed by atoms with van der Waals surface area (Å²) in [5.41, 5.74) is 1.13. The van der Waals surface area contributed by atoms with Crippen LogP contribution in [0.4, 0.5) is 6.01 Å². The van der Waals surface area contributed by atoms with Crippen LogP contribution in [0.2, 0.25) is 0 Å². The monoisotopic (exact) mass is 315 g/mol. The van der Waals surface area contributed by atoms with E-state index in [1.807, 2.05) is 24.3 Å². The van der Waals surface area contributed by atoms with Gasteiger partial charge in [0.1, 0.15) is 5.38 Å². The van der Waals surface area contributed by atoms with Crippen molar-refractivity contribution in [2.45, 2.75) is 18.8 Å². The number of alkyl halides is 1. The Morgan fingerprint density at radius 1 is 1.35 bits per heavy atom. The van der Waals surface area contributed by atoms with Gasteiger partial charge in [-0.3, -0.25) is 0 Å². The molecule has 0 bridgehead atoms. The zero-order chi connectivity index (χ0) is 12.3. The lowest BCUT2D eigenvalue weighted by Gasteiger charge is -2.01. The summed E-state index contributed by atoms with van der Waals surface area (Å²) in [4.78, 5) is 0. The molecule has 0 saturated heterocycles. The number of nitrogens with zero attached hydrogens (tertiary/aromatic N) is 2. The van der Waals surface area contributed by atoms with Crippen LogP contribution in [0.3, 0.4) is 0 Å². The molecule has 2 aromatic rings. The molecule has 1 N–H and O–H groups in total. The van der Waals surface area contributed by atoms with Crippen molar-refractivity contribution in [3.8, 4) is 0 Å². The summed E-state index contributed by atoms with van der Waals surface area (Å²) < 4.78 is 6.37. The molecule has 90 valence electrons. The minimum Gasteiger partial charge on any atom is -0.406 e. The van der Waals surface area contributed by atoms with E-state index in [2.05, 4.69) is 31.4 Å². The molecule has 1 atom stereocenters. The Balaban J connectivity index is 1.95. The maximum atomic E-state index is 5.82. The van der Waals surface area contributed by atoms with Crippen LogP contribution in [0.25, 0.3) is 0 Å². The Labute approximate surface area is 113 Å². The molecule has 1 aromatic heterocycles. The van der Waals surface area contributed by atoms with Gasteiger partial charge in [0.25, 0.3) is 0 Å². The summed E-state index contributed by atoms with van der Waals surface area (Å²) in [5.74, 6) is 0.421. The van der Waals surface area contributed by atoms with Gasteiger partial charge >= 0.3 is 6.01 Å². The molecule has 17 heavy (non-hydrogen) atoms. The molecular formula is C11H11BrClN3O. The molecular weight excluding hydrogens is 305 g/mol. The largest absolute Gasteiger partial charge is 0.406 e. The predicted molar refractivity (Wildman–Crippen MR) is 70.0 cm³/mol. The Morgan fingerprint density at radius 2 is 2.06 bits per heavy atom. The minimum atomic E-state index is -0.272. The van der Waals surface area contributed by atoms with Crippen LogP contribution in [0, 0.1) is 0 Å². The lowest BCUT2D eigenvalue weighted by Crippen LogP contribution is -1.99. The topological polar surface area (TPSA) is 51.0 Å². The number of aromatic nitrogens is 2. The van der Waals surface area contributed by atoms with Gasteiger partial charge in [-0.1, -0.05) is 33.2 Å². The van der Waals surface area contributed by atoms with Crippen molar-refractivity contribution in [2.24, 2.45) is 0 Å². The van der Waals surface area contributed by atoms with E-state index < -0.39 is 0 Å². The van der Waals surface area contributed by atoms with Crippen LogP contribution in [0.1, 0.15) is 23.8 Å². The fourth-order valence-corrected chi connectivity index (χ4v) is 1.60. The third kappa shape index (κ3) is 3.44. The zero-order valence-electron chi connectivity index (χ0n) is 9.15. The van der Waals surface area contributed by atoms with Crippen molar-refractivity contribution >= 4 is 33.5 Å². The molecule has 0 fully saturated rings. The maximum absolute atomic E-state index is 5.82. The zero-order valence-corrected chi connectivity index (χ0v) is 11.5. The van der Waals surface area contributed by atoms with Crippen LogP contribution < -0.4 is 5.32 Å². The fourth-order valence-electron chi connectivity index (χ4n) is 1.25. The summed E-state index contributed by atoms with van der Waals surface area (Å²) in [7, 11) is 0. The van der Waals surface area contributed by atoms with E-state index in [1.54, 1.807) is 6.92 Å². The molecule has 0 saturated carbocycles. The van der Waals surface area contributed by atoms with E-state index in [1.165, 1.54) is 0 Å². The highest BCUT2D eigenvalue weighted by Crippen LogP contribution is 2.19. The maximum Gasteiger partial charge on any atom is 0.315 e.